The van der Waals surface area contributed by atoms with E-state index in [2.05, 4.69) is 22.0 Å². The Morgan fingerprint density at radius 1 is 1.19 bits per heavy atom. The molecular formula is C13H20BrNO. The second-order valence-electron chi connectivity index (χ2n) is 3.64. The third-order valence-electron chi connectivity index (χ3n) is 2.04. The lowest BCUT2D eigenvalue weighted by molar-refractivity contribution is 0.0826. The molecule has 0 aliphatic heterocycles. The van der Waals surface area contributed by atoms with E-state index in [-0.39, 0.29) is 5.91 Å². The normalized spacial score (nSPS) is 9.19. The van der Waals surface area contributed by atoms with Crippen molar-refractivity contribution in [3.63, 3.8) is 0 Å². The molecule has 1 amide bonds. The van der Waals surface area contributed by atoms with Gasteiger partial charge in [0.2, 0.25) is 0 Å². The van der Waals surface area contributed by atoms with Crippen LogP contribution >= 0.6 is 15.9 Å². The number of benzene rings is 1. The highest BCUT2D eigenvalue weighted by Crippen LogP contribution is 2.23. The zero-order valence-electron chi connectivity index (χ0n) is 10.9. The Morgan fingerprint density at radius 2 is 1.69 bits per heavy atom. The molecule has 0 saturated carbocycles. The van der Waals surface area contributed by atoms with Gasteiger partial charge < -0.3 is 4.90 Å². The summed E-state index contributed by atoms with van der Waals surface area (Å²) in [6.07, 6.45) is 0. The average Bonchev–Trinajstić information content (AvgIpc) is 2.25. The van der Waals surface area contributed by atoms with Crippen LogP contribution in [-0.4, -0.2) is 24.9 Å². The van der Waals surface area contributed by atoms with Crippen molar-refractivity contribution in [2.45, 2.75) is 27.7 Å². The highest BCUT2D eigenvalue weighted by atomic mass is 79.9. The maximum atomic E-state index is 11.8. The fraction of sp³-hybridized carbons (Fsp3) is 0.462. The van der Waals surface area contributed by atoms with Crippen LogP contribution in [0.2, 0.25) is 0 Å². The van der Waals surface area contributed by atoms with E-state index < -0.39 is 0 Å². The highest BCUT2D eigenvalue weighted by Gasteiger charge is 2.13. The Kier molecular flexibility index (Phi) is 6.34. The van der Waals surface area contributed by atoms with Gasteiger partial charge in [-0.2, -0.15) is 0 Å². The summed E-state index contributed by atoms with van der Waals surface area (Å²) in [6.45, 7) is 7.98. The first-order chi connectivity index (χ1) is 7.43. The van der Waals surface area contributed by atoms with Crippen LogP contribution in [0.15, 0.2) is 16.6 Å². The summed E-state index contributed by atoms with van der Waals surface area (Å²) >= 11 is 3.44. The van der Waals surface area contributed by atoms with Crippen LogP contribution in [0.1, 0.15) is 35.3 Å². The van der Waals surface area contributed by atoms with E-state index in [1.54, 1.807) is 19.0 Å². The smallest absolute Gasteiger partial charge is 0.254 e. The number of rotatable bonds is 1. The van der Waals surface area contributed by atoms with Crippen molar-refractivity contribution >= 4 is 21.8 Å². The molecular weight excluding hydrogens is 266 g/mol. The van der Waals surface area contributed by atoms with Gasteiger partial charge in [0.15, 0.2) is 0 Å². The quantitative estimate of drug-likeness (QED) is 0.769. The van der Waals surface area contributed by atoms with Crippen LogP contribution in [0.25, 0.3) is 0 Å². The molecule has 0 spiro atoms. The minimum Gasteiger partial charge on any atom is -0.345 e. The third kappa shape index (κ3) is 3.63. The SMILES string of the molecule is CC.Cc1cc(C)c(Br)c(C(=O)N(C)C)c1. The van der Waals surface area contributed by atoms with E-state index in [0.717, 1.165) is 21.2 Å². The maximum absolute atomic E-state index is 11.8. The second kappa shape index (κ2) is 6.69. The molecule has 0 aliphatic carbocycles. The lowest BCUT2D eigenvalue weighted by atomic mass is 10.1. The van der Waals surface area contributed by atoms with Crippen molar-refractivity contribution < 1.29 is 4.79 Å². The van der Waals surface area contributed by atoms with Crippen molar-refractivity contribution in [3.8, 4) is 0 Å². The van der Waals surface area contributed by atoms with Crippen molar-refractivity contribution in [2.24, 2.45) is 0 Å². The standard InChI is InChI=1S/C11H14BrNO.C2H6/c1-7-5-8(2)10(12)9(6-7)11(14)13(3)4;1-2/h5-6H,1-4H3;1-2H3. The Labute approximate surface area is 107 Å². The molecule has 0 heterocycles. The predicted molar refractivity (Wildman–Crippen MR) is 73.0 cm³/mol. The Balaban J connectivity index is 0.00000106. The molecule has 0 aromatic heterocycles. The first-order valence-corrected chi connectivity index (χ1v) is 6.21. The van der Waals surface area contributed by atoms with Gasteiger partial charge >= 0.3 is 0 Å². The monoisotopic (exact) mass is 285 g/mol. The zero-order chi connectivity index (χ0) is 12.9. The molecule has 0 aliphatic rings. The van der Waals surface area contributed by atoms with Crippen molar-refractivity contribution in [2.75, 3.05) is 14.1 Å². The van der Waals surface area contributed by atoms with Gasteiger partial charge in [-0.05, 0) is 47.0 Å². The van der Waals surface area contributed by atoms with Crippen LogP contribution in [0, 0.1) is 13.8 Å². The predicted octanol–water partition coefficient (Wildman–Crippen LogP) is 3.79. The van der Waals surface area contributed by atoms with Crippen LogP contribution in [0.4, 0.5) is 0 Å². The summed E-state index contributed by atoms with van der Waals surface area (Å²) in [6, 6.07) is 3.95. The van der Waals surface area contributed by atoms with E-state index >= 15 is 0 Å². The summed E-state index contributed by atoms with van der Waals surface area (Å²) in [4.78, 5) is 13.3. The van der Waals surface area contributed by atoms with Crippen LogP contribution in [0.3, 0.4) is 0 Å². The second-order valence-corrected chi connectivity index (χ2v) is 4.44. The van der Waals surface area contributed by atoms with Crippen LogP contribution in [0.5, 0.6) is 0 Å². The molecule has 2 nitrogen and oxygen atoms in total. The molecule has 1 aromatic rings. The van der Waals surface area contributed by atoms with Gasteiger partial charge in [0.25, 0.3) is 5.91 Å². The minimum absolute atomic E-state index is 0.0312. The molecule has 90 valence electrons. The number of nitrogens with zero attached hydrogens (tertiary/aromatic N) is 1. The van der Waals surface area contributed by atoms with Gasteiger partial charge in [0, 0.05) is 18.6 Å². The molecule has 16 heavy (non-hydrogen) atoms. The molecule has 0 fully saturated rings. The van der Waals surface area contributed by atoms with Crippen LogP contribution < -0.4 is 0 Å². The third-order valence-corrected chi connectivity index (χ3v) is 3.09. The number of carbonyl (C=O) groups is 1. The van der Waals surface area contributed by atoms with Gasteiger partial charge in [-0.25, -0.2) is 0 Å². The molecule has 0 radical (unpaired) electrons. The number of hydrogen-bond donors (Lipinski definition) is 0. The Bertz CT molecular complexity index is 372. The molecule has 1 rings (SSSR count). The lowest BCUT2D eigenvalue weighted by Crippen LogP contribution is -2.22. The lowest BCUT2D eigenvalue weighted by Gasteiger charge is -2.13. The fourth-order valence-corrected chi connectivity index (χ4v) is 1.75. The Hall–Kier alpha value is -0.830. The number of carbonyl (C=O) groups excluding carboxylic acids is 1. The molecule has 0 unspecified atom stereocenters. The molecule has 0 atom stereocenters. The van der Waals surface area contributed by atoms with Crippen molar-refractivity contribution in [1.82, 2.24) is 4.90 Å². The van der Waals surface area contributed by atoms with E-state index in [1.165, 1.54) is 0 Å². The summed E-state index contributed by atoms with van der Waals surface area (Å²) in [7, 11) is 3.51. The molecule has 1 aromatic carbocycles. The van der Waals surface area contributed by atoms with E-state index in [1.807, 2.05) is 33.8 Å². The average molecular weight is 286 g/mol. The summed E-state index contributed by atoms with van der Waals surface area (Å²) in [5.74, 6) is 0.0312. The number of amides is 1. The van der Waals surface area contributed by atoms with Crippen LogP contribution in [-0.2, 0) is 0 Å². The Morgan fingerprint density at radius 3 is 2.12 bits per heavy atom. The van der Waals surface area contributed by atoms with E-state index in [4.69, 9.17) is 0 Å². The number of aryl methyl sites for hydroxylation is 2. The maximum Gasteiger partial charge on any atom is 0.254 e. The fourth-order valence-electron chi connectivity index (χ4n) is 1.35. The van der Waals surface area contributed by atoms with E-state index in [0.29, 0.717) is 0 Å². The van der Waals surface area contributed by atoms with Gasteiger partial charge in [-0.1, -0.05) is 19.9 Å². The van der Waals surface area contributed by atoms with E-state index in [9.17, 15) is 4.79 Å². The number of hydrogen-bond acceptors (Lipinski definition) is 1. The molecule has 3 heteroatoms. The molecule has 0 N–H and O–H groups in total. The minimum atomic E-state index is 0.0312. The van der Waals surface area contributed by atoms with Gasteiger partial charge in [-0.15, -0.1) is 0 Å². The first-order valence-electron chi connectivity index (χ1n) is 5.42. The van der Waals surface area contributed by atoms with Crippen molar-refractivity contribution in [3.05, 3.63) is 33.3 Å². The highest BCUT2D eigenvalue weighted by molar-refractivity contribution is 9.10. The zero-order valence-corrected chi connectivity index (χ0v) is 12.5. The summed E-state index contributed by atoms with van der Waals surface area (Å²) in [5.41, 5.74) is 2.93. The van der Waals surface area contributed by atoms with Gasteiger partial charge in [0.1, 0.15) is 0 Å². The van der Waals surface area contributed by atoms with Gasteiger partial charge in [-0.3, -0.25) is 4.79 Å². The largest absolute Gasteiger partial charge is 0.345 e. The van der Waals surface area contributed by atoms with Gasteiger partial charge in [0.05, 0.1) is 5.56 Å². The number of halogens is 1. The summed E-state index contributed by atoms with van der Waals surface area (Å²) in [5, 5.41) is 0. The summed E-state index contributed by atoms with van der Waals surface area (Å²) < 4.78 is 0.891. The molecule has 0 bridgehead atoms. The molecule has 0 saturated heterocycles. The van der Waals surface area contributed by atoms with Crippen molar-refractivity contribution in [1.29, 1.82) is 0 Å². The first kappa shape index (κ1) is 15.2. The topological polar surface area (TPSA) is 20.3 Å².